The van der Waals surface area contributed by atoms with Gasteiger partial charge in [0.05, 0.1) is 7.74 Å². The maximum absolute atomic E-state index is 2.98. The molecule has 0 aliphatic rings. The minimum Gasteiger partial charge on any atom is -0.149 e. The fourth-order valence-corrected chi connectivity index (χ4v) is 2.80. The summed E-state index contributed by atoms with van der Waals surface area (Å²) in [5.74, 6) is 0. The Labute approximate surface area is 49.8 Å². The van der Waals surface area contributed by atoms with Crippen molar-refractivity contribution < 1.29 is 0 Å². The molecule has 44 valence electrons. The third-order valence-electron chi connectivity index (χ3n) is 0.894. The molecule has 0 aromatic carbocycles. The standard InChI is InChI=1S/C5H15PSi/c1-4-5-7(2,3)6/h4-6H2,1-3H3. The van der Waals surface area contributed by atoms with Crippen LogP contribution in [0, 0.1) is 0 Å². The van der Waals surface area contributed by atoms with Gasteiger partial charge in [0, 0.05) is 0 Å². The molecule has 0 spiro atoms. The molecule has 2 heteroatoms. The van der Waals surface area contributed by atoms with Crippen LogP contribution in [-0.2, 0) is 0 Å². The molecule has 0 radical (unpaired) electrons. The van der Waals surface area contributed by atoms with Gasteiger partial charge >= 0.3 is 0 Å². The zero-order chi connectivity index (χ0) is 5.91. The van der Waals surface area contributed by atoms with E-state index in [0.29, 0.717) is 0 Å². The molecule has 0 aromatic heterocycles. The highest BCUT2D eigenvalue weighted by molar-refractivity contribution is 7.68. The summed E-state index contributed by atoms with van der Waals surface area (Å²) >= 11 is 0. The van der Waals surface area contributed by atoms with Crippen LogP contribution < -0.4 is 0 Å². The first kappa shape index (κ1) is 7.65. The summed E-state index contributed by atoms with van der Waals surface area (Å²) in [6, 6.07) is 1.44. The van der Waals surface area contributed by atoms with Crippen molar-refractivity contribution in [2.24, 2.45) is 0 Å². The third kappa shape index (κ3) is 6.65. The molecule has 0 nitrogen and oxygen atoms in total. The molecule has 0 aliphatic heterocycles. The van der Waals surface area contributed by atoms with E-state index in [-0.39, 0.29) is 0 Å². The minimum absolute atomic E-state index is 0.741. The topological polar surface area (TPSA) is 0 Å². The highest BCUT2D eigenvalue weighted by Crippen LogP contribution is 2.17. The summed E-state index contributed by atoms with van der Waals surface area (Å²) in [6.45, 7) is 7.00. The van der Waals surface area contributed by atoms with Gasteiger partial charge in [-0.1, -0.05) is 32.5 Å². The number of hydrogen-bond donors (Lipinski definition) is 0. The Kier molecular flexibility index (Phi) is 3.10. The summed E-state index contributed by atoms with van der Waals surface area (Å²) in [6.07, 6.45) is 1.35. The third-order valence-corrected chi connectivity index (χ3v) is 3.55. The predicted octanol–water partition coefficient (Wildman–Crippen LogP) is 2.48. The maximum Gasteiger partial charge on any atom is 0.0683 e. The van der Waals surface area contributed by atoms with Crippen molar-refractivity contribution in [1.82, 2.24) is 0 Å². The zero-order valence-corrected chi connectivity index (χ0v) is 7.65. The first-order chi connectivity index (χ1) is 3.06. The van der Waals surface area contributed by atoms with Gasteiger partial charge in [0.15, 0.2) is 0 Å². The molecule has 7 heavy (non-hydrogen) atoms. The fraction of sp³-hybridized carbons (Fsp3) is 1.00. The molecule has 0 N–H and O–H groups in total. The second kappa shape index (κ2) is 2.83. The normalized spacial score (nSPS) is 12.0. The number of rotatable bonds is 2. The van der Waals surface area contributed by atoms with Crippen molar-refractivity contribution >= 4 is 16.5 Å². The molecule has 0 rings (SSSR count). The minimum atomic E-state index is -0.741. The zero-order valence-electron chi connectivity index (χ0n) is 5.49. The van der Waals surface area contributed by atoms with Crippen LogP contribution in [0.2, 0.25) is 19.1 Å². The van der Waals surface area contributed by atoms with Gasteiger partial charge < -0.3 is 0 Å². The molecule has 0 saturated carbocycles. The van der Waals surface area contributed by atoms with Crippen LogP contribution in [-0.4, -0.2) is 7.74 Å². The molecule has 0 saturated heterocycles. The second-order valence-corrected chi connectivity index (χ2v) is 11.9. The highest BCUT2D eigenvalue weighted by Gasteiger charge is 2.09. The van der Waals surface area contributed by atoms with Crippen LogP contribution in [0.3, 0.4) is 0 Å². The summed E-state index contributed by atoms with van der Waals surface area (Å²) < 4.78 is 0. The largest absolute Gasteiger partial charge is 0.149 e. The average Bonchev–Trinajstić information content (AvgIpc) is 1.30. The Morgan fingerprint density at radius 3 is 1.86 bits per heavy atom. The van der Waals surface area contributed by atoms with Gasteiger partial charge in [0.25, 0.3) is 0 Å². The van der Waals surface area contributed by atoms with Crippen molar-refractivity contribution in [3.8, 4) is 0 Å². The van der Waals surface area contributed by atoms with Gasteiger partial charge in [0.1, 0.15) is 0 Å². The summed E-state index contributed by atoms with van der Waals surface area (Å²) in [5, 5.41) is 0. The molecule has 0 fully saturated rings. The van der Waals surface area contributed by atoms with E-state index in [1.165, 1.54) is 12.5 Å². The molecule has 0 aromatic rings. The van der Waals surface area contributed by atoms with Crippen LogP contribution in [0.25, 0.3) is 0 Å². The Balaban J connectivity index is 3.15. The molecule has 1 unspecified atom stereocenters. The summed E-state index contributed by atoms with van der Waals surface area (Å²) in [7, 11) is 2.23. The van der Waals surface area contributed by atoms with Crippen molar-refractivity contribution in [2.75, 3.05) is 0 Å². The average molecular weight is 134 g/mol. The number of hydrogen-bond acceptors (Lipinski definition) is 0. The van der Waals surface area contributed by atoms with Crippen molar-refractivity contribution in [2.45, 2.75) is 32.5 Å². The fourth-order valence-electron chi connectivity index (χ4n) is 0.644. The molecule has 0 aliphatic carbocycles. The molecule has 1 atom stereocenters. The lowest BCUT2D eigenvalue weighted by atomic mass is 10.6. The lowest BCUT2D eigenvalue weighted by molar-refractivity contribution is 1.06. The Bertz CT molecular complexity index is 46.5. The van der Waals surface area contributed by atoms with E-state index in [1.54, 1.807) is 0 Å². The van der Waals surface area contributed by atoms with E-state index >= 15 is 0 Å². The first-order valence-corrected chi connectivity index (χ1v) is 7.87. The lowest BCUT2D eigenvalue weighted by Crippen LogP contribution is -2.13. The molecule has 0 bridgehead atoms. The van der Waals surface area contributed by atoms with Gasteiger partial charge in [-0.2, -0.15) is 0 Å². The van der Waals surface area contributed by atoms with Crippen LogP contribution in [0.4, 0.5) is 0 Å². The highest BCUT2D eigenvalue weighted by atomic mass is 31.3. The first-order valence-electron chi connectivity index (χ1n) is 2.85. The summed E-state index contributed by atoms with van der Waals surface area (Å²) in [4.78, 5) is 0. The van der Waals surface area contributed by atoms with Gasteiger partial charge in [-0.05, 0) is 0 Å². The van der Waals surface area contributed by atoms with Gasteiger partial charge in [-0.15, -0.1) is 8.79 Å². The van der Waals surface area contributed by atoms with Gasteiger partial charge in [0.2, 0.25) is 0 Å². The predicted molar refractivity (Wildman–Crippen MR) is 42.3 cm³/mol. The van der Waals surface area contributed by atoms with Crippen LogP contribution in [0.1, 0.15) is 13.3 Å². The Hall–Kier alpha value is 0.647. The Morgan fingerprint density at radius 1 is 1.43 bits per heavy atom. The molecule has 0 amide bonds. The quantitative estimate of drug-likeness (QED) is 0.402. The smallest absolute Gasteiger partial charge is 0.0683 e. The van der Waals surface area contributed by atoms with Crippen molar-refractivity contribution in [1.29, 1.82) is 0 Å². The lowest BCUT2D eigenvalue weighted by Gasteiger charge is -2.12. The van der Waals surface area contributed by atoms with Crippen LogP contribution in [0.15, 0.2) is 0 Å². The van der Waals surface area contributed by atoms with E-state index < -0.39 is 7.74 Å². The Morgan fingerprint density at radius 2 is 1.86 bits per heavy atom. The van der Waals surface area contributed by atoms with Gasteiger partial charge in [-0.3, -0.25) is 0 Å². The van der Waals surface area contributed by atoms with Gasteiger partial charge in [-0.25, -0.2) is 0 Å². The molecular formula is C5H15PSi. The molecular weight excluding hydrogens is 119 g/mol. The maximum atomic E-state index is 2.98. The molecule has 0 heterocycles. The monoisotopic (exact) mass is 134 g/mol. The van der Waals surface area contributed by atoms with E-state index in [9.17, 15) is 0 Å². The van der Waals surface area contributed by atoms with E-state index in [4.69, 9.17) is 0 Å². The van der Waals surface area contributed by atoms with E-state index in [1.807, 2.05) is 0 Å². The van der Waals surface area contributed by atoms with Crippen molar-refractivity contribution in [3.63, 3.8) is 0 Å². The van der Waals surface area contributed by atoms with Crippen LogP contribution >= 0.6 is 8.79 Å². The summed E-state index contributed by atoms with van der Waals surface area (Å²) in [5.41, 5.74) is 0. The van der Waals surface area contributed by atoms with Crippen LogP contribution in [0.5, 0.6) is 0 Å². The van der Waals surface area contributed by atoms with E-state index in [2.05, 4.69) is 28.8 Å². The second-order valence-electron chi connectivity index (χ2n) is 2.74. The van der Waals surface area contributed by atoms with E-state index in [0.717, 1.165) is 0 Å². The van der Waals surface area contributed by atoms with Crippen molar-refractivity contribution in [3.05, 3.63) is 0 Å². The SMILES string of the molecule is CCC[Si](C)(C)P.